The number of phenols is 1. The Labute approximate surface area is 158 Å². The molecular weight excluding hydrogens is 362 g/mol. The van der Waals surface area contributed by atoms with Gasteiger partial charge >= 0.3 is 5.97 Å². The molecule has 28 heavy (non-hydrogen) atoms. The Morgan fingerprint density at radius 1 is 1.11 bits per heavy atom. The Balaban J connectivity index is 2.12. The quantitative estimate of drug-likeness (QED) is 0.660. The first kappa shape index (κ1) is 17.6. The number of fused-ring (bicyclic) bond motifs is 2. The minimum Gasteiger partial charge on any atom is -0.508 e. The van der Waals surface area contributed by atoms with Crippen molar-refractivity contribution in [1.82, 2.24) is 9.36 Å². The van der Waals surface area contributed by atoms with E-state index in [-0.39, 0.29) is 34.5 Å². The van der Waals surface area contributed by atoms with E-state index in [1.165, 1.54) is 18.2 Å². The lowest BCUT2D eigenvalue weighted by molar-refractivity contribution is -0.138. The number of esters is 1. The fraction of sp³-hybridized carbons (Fsp3) is 0.150. The molecule has 0 bridgehead atoms. The average Bonchev–Trinajstić information content (AvgIpc) is 3.00. The molecule has 2 aromatic carbocycles. The fourth-order valence-electron chi connectivity index (χ4n) is 3.54. The van der Waals surface area contributed by atoms with Crippen molar-refractivity contribution >= 4 is 22.6 Å². The summed E-state index contributed by atoms with van der Waals surface area (Å²) < 4.78 is 7.26. The molecule has 142 valence electrons. The Morgan fingerprint density at radius 2 is 1.79 bits per heavy atom. The minimum atomic E-state index is -1.00. The molecule has 0 radical (unpaired) electrons. The van der Waals surface area contributed by atoms with Crippen molar-refractivity contribution in [1.29, 1.82) is 0 Å². The number of aromatic hydroxyl groups is 1. The number of ether oxygens (including phenoxy) is 1. The number of hydrogen-bond donors (Lipinski definition) is 2. The van der Waals surface area contributed by atoms with Crippen LogP contribution in [0.15, 0.2) is 63.7 Å². The lowest BCUT2D eigenvalue weighted by atomic mass is 9.99. The Hall–Kier alpha value is -3.81. The standard InChI is InChI=1S/C20H17N3O5/c1-2-28-20(27)15-16(11-6-5-7-12(24)10-11)22-18(25)13-8-3-4-9-14(13)19(26)23(22)17(15)21/h3-10,16,24H,2,21H2,1H3. The highest BCUT2D eigenvalue weighted by Gasteiger charge is 2.39. The molecule has 1 aliphatic rings. The number of phenolic OH excluding ortho intramolecular Hbond substituents is 1. The zero-order valence-corrected chi connectivity index (χ0v) is 15.0. The van der Waals surface area contributed by atoms with Gasteiger partial charge in [0.05, 0.1) is 17.4 Å². The molecule has 0 saturated carbocycles. The largest absolute Gasteiger partial charge is 0.508 e. The summed E-state index contributed by atoms with van der Waals surface area (Å²) in [6.45, 7) is 1.75. The summed E-state index contributed by atoms with van der Waals surface area (Å²) in [7, 11) is 0. The Kier molecular flexibility index (Phi) is 4.03. The summed E-state index contributed by atoms with van der Waals surface area (Å²) in [4.78, 5) is 38.9. The van der Waals surface area contributed by atoms with E-state index in [0.29, 0.717) is 5.56 Å². The number of rotatable bonds is 3. The predicted octanol–water partition coefficient (Wildman–Crippen LogP) is 1.16. The van der Waals surface area contributed by atoms with Gasteiger partial charge in [-0.2, -0.15) is 4.68 Å². The van der Waals surface area contributed by atoms with Crippen molar-refractivity contribution in [2.45, 2.75) is 13.0 Å². The van der Waals surface area contributed by atoms with E-state index in [1.807, 2.05) is 0 Å². The maximum absolute atomic E-state index is 13.2. The maximum atomic E-state index is 13.2. The van der Waals surface area contributed by atoms with Gasteiger partial charge in [0, 0.05) is 0 Å². The van der Waals surface area contributed by atoms with Crippen molar-refractivity contribution < 1.29 is 14.6 Å². The van der Waals surface area contributed by atoms with Gasteiger partial charge in [-0.25, -0.2) is 9.48 Å². The van der Waals surface area contributed by atoms with Crippen LogP contribution in [0, 0.1) is 0 Å². The van der Waals surface area contributed by atoms with Crippen LogP contribution in [-0.4, -0.2) is 27.0 Å². The molecule has 0 aliphatic carbocycles. The van der Waals surface area contributed by atoms with Crippen LogP contribution in [0.2, 0.25) is 0 Å². The SMILES string of the molecule is CCOC(=O)C1=C(N)n2c(=O)c3ccccc3c(=O)n2C1c1cccc(O)c1. The molecule has 3 aromatic rings. The number of benzene rings is 2. The molecule has 4 rings (SSSR count). The fourth-order valence-corrected chi connectivity index (χ4v) is 3.54. The van der Waals surface area contributed by atoms with E-state index in [1.54, 1.807) is 37.3 Å². The molecule has 1 aliphatic heterocycles. The zero-order chi connectivity index (χ0) is 20.0. The molecule has 8 heteroatoms. The normalized spacial score (nSPS) is 15.7. The Bertz CT molecular complexity index is 1270. The van der Waals surface area contributed by atoms with Crippen LogP contribution in [0.1, 0.15) is 18.5 Å². The second-order valence-electron chi connectivity index (χ2n) is 6.33. The highest BCUT2D eigenvalue weighted by Crippen LogP contribution is 2.34. The first-order chi connectivity index (χ1) is 13.5. The van der Waals surface area contributed by atoms with Gasteiger partial charge < -0.3 is 15.6 Å². The van der Waals surface area contributed by atoms with Crippen LogP contribution in [0.25, 0.3) is 16.6 Å². The van der Waals surface area contributed by atoms with E-state index in [9.17, 15) is 19.5 Å². The van der Waals surface area contributed by atoms with E-state index < -0.39 is 23.1 Å². The van der Waals surface area contributed by atoms with Crippen LogP contribution in [0.4, 0.5) is 0 Å². The molecule has 1 atom stereocenters. The summed E-state index contributed by atoms with van der Waals surface area (Å²) in [5, 5.41) is 10.3. The molecule has 3 N–H and O–H groups in total. The monoisotopic (exact) mass is 379 g/mol. The number of carbonyl (C=O) groups is 1. The third-order valence-corrected chi connectivity index (χ3v) is 4.71. The van der Waals surface area contributed by atoms with Crippen LogP contribution in [0.5, 0.6) is 5.75 Å². The second kappa shape index (κ2) is 6.41. The van der Waals surface area contributed by atoms with E-state index in [2.05, 4.69) is 0 Å². The first-order valence-electron chi connectivity index (χ1n) is 8.68. The van der Waals surface area contributed by atoms with Crippen molar-refractivity contribution in [3.05, 3.63) is 80.4 Å². The van der Waals surface area contributed by atoms with Gasteiger partial charge in [-0.1, -0.05) is 24.3 Å². The number of aromatic nitrogens is 2. The lowest BCUT2D eigenvalue weighted by Crippen LogP contribution is -2.38. The summed E-state index contributed by atoms with van der Waals surface area (Å²) in [5.41, 5.74) is 5.57. The summed E-state index contributed by atoms with van der Waals surface area (Å²) in [6.07, 6.45) is 0. The maximum Gasteiger partial charge on any atom is 0.340 e. The summed E-state index contributed by atoms with van der Waals surface area (Å²) in [6, 6.07) is 11.5. The van der Waals surface area contributed by atoms with E-state index >= 15 is 0 Å². The predicted molar refractivity (Wildman–Crippen MR) is 103 cm³/mol. The molecule has 0 amide bonds. The molecule has 8 nitrogen and oxygen atoms in total. The highest BCUT2D eigenvalue weighted by molar-refractivity contribution is 5.97. The first-order valence-corrected chi connectivity index (χ1v) is 8.68. The third-order valence-electron chi connectivity index (χ3n) is 4.71. The molecule has 0 spiro atoms. The number of nitrogens with zero attached hydrogens (tertiary/aromatic N) is 2. The van der Waals surface area contributed by atoms with Crippen molar-refractivity contribution in [2.75, 3.05) is 6.61 Å². The minimum absolute atomic E-state index is 0.0260. The van der Waals surface area contributed by atoms with Crippen molar-refractivity contribution in [3.8, 4) is 5.75 Å². The van der Waals surface area contributed by atoms with Gasteiger partial charge in [-0.15, -0.1) is 0 Å². The molecule has 1 aromatic heterocycles. The van der Waals surface area contributed by atoms with Crippen molar-refractivity contribution in [2.24, 2.45) is 5.73 Å². The molecular formula is C20H17N3O5. The van der Waals surface area contributed by atoms with Crippen LogP contribution in [0.3, 0.4) is 0 Å². The van der Waals surface area contributed by atoms with Gasteiger partial charge in [0.25, 0.3) is 11.1 Å². The van der Waals surface area contributed by atoms with Gasteiger partial charge in [-0.05, 0) is 36.8 Å². The average molecular weight is 379 g/mol. The summed E-state index contributed by atoms with van der Waals surface area (Å²) >= 11 is 0. The molecule has 2 heterocycles. The Morgan fingerprint density at radius 3 is 2.43 bits per heavy atom. The van der Waals surface area contributed by atoms with Crippen LogP contribution < -0.4 is 16.9 Å². The number of carbonyl (C=O) groups excluding carboxylic acids is 1. The van der Waals surface area contributed by atoms with E-state index in [4.69, 9.17) is 10.5 Å². The summed E-state index contributed by atoms with van der Waals surface area (Å²) in [5.74, 6) is -0.944. The topological polar surface area (TPSA) is 117 Å². The van der Waals surface area contributed by atoms with E-state index in [0.717, 1.165) is 9.36 Å². The zero-order valence-electron chi connectivity index (χ0n) is 15.0. The highest BCUT2D eigenvalue weighted by atomic mass is 16.5. The van der Waals surface area contributed by atoms with Gasteiger partial charge in [-0.3, -0.25) is 9.59 Å². The third kappa shape index (κ3) is 2.42. The second-order valence-corrected chi connectivity index (χ2v) is 6.33. The van der Waals surface area contributed by atoms with Gasteiger partial charge in [0.1, 0.15) is 23.2 Å². The van der Waals surface area contributed by atoms with Crippen molar-refractivity contribution in [3.63, 3.8) is 0 Å². The smallest absolute Gasteiger partial charge is 0.340 e. The van der Waals surface area contributed by atoms with Crippen LogP contribution >= 0.6 is 0 Å². The number of hydrogen-bond acceptors (Lipinski definition) is 6. The molecule has 1 unspecified atom stereocenters. The van der Waals surface area contributed by atoms with Gasteiger partial charge in [0.15, 0.2) is 0 Å². The number of nitrogens with two attached hydrogens (primary N) is 1. The molecule has 0 saturated heterocycles. The molecule has 0 fully saturated rings. The van der Waals surface area contributed by atoms with Crippen LogP contribution in [-0.2, 0) is 9.53 Å². The lowest BCUT2D eigenvalue weighted by Gasteiger charge is -2.18. The van der Waals surface area contributed by atoms with Gasteiger partial charge in [0.2, 0.25) is 0 Å².